The molecule has 0 aromatic heterocycles. The van der Waals surface area contributed by atoms with Crippen LogP contribution in [0, 0.1) is 0 Å². The van der Waals surface area contributed by atoms with Gasteiger partial charge in [0.1, 0.15) is 0 Å². The van der Waals surface area contributed by atoms with Crippen LogP contribution in [0.15, 0.2) is 0 Å². The molecule has 0 aliphatic carbocycles. The van der Waals surface area contributed by atoms with E-state index in [1.807, 2.05) is 0 Å². The van der Waals surface area contributed by atoms with Crippen molar-refractivity contribution in [1.82, 2.24) is 0 Å². The zero-order chi connectivity index (χ0) is 21.0. The van der Waals surface area contributed by atoms with Crippen molar-refractivity contribution in [3.63, 3.8) is 0 Å². The third-order valence-corrected chi connectivity index (χ3v) is 5.04. The molecular weight excluding hydrogens is 362 g/mol. The Bertz CT molecular complexity index is 391. The van der Waals surface area contributed by atoms with Crippen molar-refractivity contribution in [2.24, 2.45) is 0 Å². The number of nitrogens with zero attached hydrogens (tertiary/aromatic N) is 1. The normalized spacial score (nSPS) is 11.9. The van der Waals surface area contributed by atoms with Crippen LogP contribution in [0.25, 0.3) is 0 Å². The lowest BCUT2D eigenvalue weighted by Crippen LogP contribution is -2.35. The largest absolute Gasteiger partial charge is 0.726 e. The third-order valence-electron chi connectivity index (χ3n) is 4.64. The molecule has 0 spiro atoms. The maximum Gasteiger partial charge on any atom is 0.217 e. The summed E-state index contributed by atoms with van der Waals surface area (Å²) < 4.78 is 32.1. The topological polar surface area (TPSA) is 66.4 Å². The molecule has 0 atom stereocenters. The maximum atomic E-state index is 9.22. The number of quaternary nitrogens is 1. The van der Waals surface area contributed by atoms with Crippen molar-refractivity contribution in [2.45, 2.75) is 103 Å². The van der Waals surface area contributed by atoms with E-state index in [0.29, 0.717) is 0 Å². The molecule has 0 saturated heterocycles. The quantitative estimate of drug-likeness (QED) is 0.135. The van der Waals surface area contributed by atoms with Crippen LogP contribution in [0.2, 0.25) is 0 Å². The molecule has 27 heavy (non-hydrogen) atoms. The van der Waals surface area contributed by atoms with Crippen LogP contribution in [-0.4, -0.2) is 52.3 Å². The lowest BCUT2D eigenvalue weighted by atomic mass is 10.0. The standard InChI is InChI=1S/C20H44N.CH4O4S/c1-5-6-7-8-9-10-11-12-13-14-15-16-17-18-19-20-21(2,3)4;1-5-6(2,3)4/h5-20H2,1-4H3;1H3,(H,2,3,4)/q+1;/p-1. The zero-order valence-electron chi connectivity index (χ0n) is 18.8. The predicted molar refractivity (Wildman–Crippen MR) is 115 cm³/mol. The molecule has 0 N–H and O–H groups in total. The Morgan fingerprint density at radius 1 is 0.667 bits per heavy atom. The van der Waals surface area contributed by atoms with Crippen molar-refractivity contribution < 1.29 is 21.6 Å². The van der Waals surface area contributed by atoms with Crippen molar-refractivity contribution in [1.29, 1.82) is 0 Å². The number of hydrogen-bond donors (Lipinski definition) is 0. The van der Waals surface area contributed by atoms with E-state index in [0.717, 1.165) is 11.6 Å². The Morgan fingerprint density at radius 3 is 1.15 bits per heavy atom. The van der Waals surface area contributed by atoms with Crippen molar-refractivity contribution in [2.75, 3.05) is 34.8 Å². The van der Waals surface area contributed by atoms with Crippen molar-refractivity contribution in [3.05, 3.63) is 0 Å². The molecular formula is C21H47NO4S. The third kappa shape index (κ3) is 33.8. The van der Waals surface area contributed by atoms with Crippen LogP contribution in [0.3, 0.4) is 0 Å². The molecule has 0 radical (unpaired) electrons. The van der Waals surface area contributed by atoms with Gasteiger partial charge in [0.25, 0.3) is 0 Å². The summed E-state index contributed by atoms with van der Waals surface area (Å²) in [6, 6.07) is 0. The van der Waals surface area contributed by atoms with Crippen molar-refractivity contribution >= 4 is 10.4 Å². The summed E-state index contributed by atoms with van der Waals surface area (Å²) in [6.45, 7) is 3.63. The van der Waals surface area contributed by atoms with Crippen LogP contribution >= 0.6 is 0 Å². The lowest BCUT2D eigenvalue weighted by Gasteiger charge is -2.23. The highest BCUT2D eigenvalue weighted by atomic mass is 32.3. The predicted octanol–water partition coefficient (Wildman–Crippen LogP) is 5.66. The summed E-state index contributed by atoms with van der Waals surface area (Å²) in [5.74, 6) is 0. The van der Waals surface area contributed by atoms with E-state index in [-0.39, 0.29) is 0 Å². The molecule has 0 bridgehead atoms. The first kappa shape index (κ1) is 29.0. The number of unbranched alkanes of at least 4 members (excludes halogenated alkanes) is 14. The van der Waals surface area contributed by atoms with E-state index < -0.39 is 10.4 Å². The summed E-state index contributed by atoms with van der Waals surface area (Å²) >= 11 is 0. The average molecular weight is 410 g/mol. The highest BCUT2D eigenvalue weighted by molar-refractivity contribution is 7.80. The number of rotatable bonds is 17. The molecule has 166 valence electrons. The SMILES string of the molecule is CCCCCCCCCCCCCCCCC[N+](C)(C)C.COS(=O)(=O)[O-]. The number of hydrogen-bond acceptors (Lipinski definition) is 4. The summed E-state index contributed by atoms with van der Waals surface area (Å²) in [5.41, 5.74) is 0. The fourth-order valence-electron chi connectivity index (χ4n) is 2.96. The molecule has 0 aliphatic rings. The molecule has 0 aromatic carbocycles. The first-order valence-electron chi connectivity index (χ1n) is 10.9. The highest BCUT2D eigenvalue weighted by Gasteiger charge is 2.04. The maximum absolute atomic E-state index is 9.22. The second kappa shape index (κ2) is 19.2. The van der Waals surface area contributed by atoms with Crippen molar-refractivity contribution in [3.8, 4) is 0 Å². The molecule has 0 aliphatic heterocycles. The molecule has 0 unspecified atom stereocenters. The second-order valence-electron chi connectivity index (χ2n) is 8.54. The minimum atomic E-state index is -4.41. The van der Waals surface area contributed by atoms with Gasteiger partial charge >= 0.3 is 0 Å². The Morgan fingerprint density at radius 2 is 0.926 bits per heavy atom. The van der Waals surface area contributed by atoms with Gasteiger partial charge in [-0.1, -0.05) is 90.4 Å². The fraction of sp³-hybridized carbons (Fsp3) is 1.00. The van der Waals surface area contributed by atoms with Gasteiger partial charge in [0, 0.05) is 0 Å². The summed E-state index contributed by atoms with van der Waals surface area (Å²) in [4.78, 5) is 0. The summed E-state index contributed by atoms with van der Waals surface area (Å²) in [5, 5.41) is 0. The first-order valence-corrected chi connectivity index (χ1v) is 12.3. The van der Waals surface area contributed by atoms with Gasteiger partial charge in [-0.05, 0) is 12.8 Å². The first-order chi connectivity index (χ1) is 12.6. The minimum Gasteiger partial charge on any atom is -0.726 e. The Labute approximate surface area is 170 Å². The van der Waals surface area contributed by atoms with Gasteiger partial charge in [0.2, 0.25) is 10.4 Å². The molecule has 0 saturated carbocycles. The summed E-state index contributed by atoms with van der Waals surface area (Å²) in [7, 11) is 3.28. The van der Waals surface area contributed by atoms with Gasteiger partial charge in [-0.15, -0.1) is 0 Å². The molecule has 5 nitrogen and oxygen atoms in total. The van der Waals surface area contributed by atoms with Crippen LogP contribution < -0.4 is 0 Å². The Balaban J connectivity index is 0. The smallest absolute Gasteiger partial charge is 0.217 e. The Kier molecular flexibility index (Phi) is 20.6. The average Bonchev–Trinajstić information content (AvgIpc) is 2.57. The molecule has 6 heteroatoms. The lowest BCUT2D eigenvalue weighted by molar-refractivity contribution is -0.870. The second-order valence-corrected chi connectivity index (χ2v) is 9.69. The molecule has 0 heterocycles. The van der Waals surface area contributed by atoms with Crippen LogP contribution in [-0.2, 0) is 14.6 Å². The monoisotopic (exact) mass is 409 g/mol. The van der Waals surface area contributed by atoms with E-state index in [9.17, 15) is 13.0 Å². The van der Waals surface area contributed by atoms with Gasteiger partial charge in [0.15, 0.2) is 0 Å². The Hall–Kier alpha value is -0.170. The molecule has 0 fully saturated rings. The minimum absolute atomic E-state index is 0.808. The zero-order valence-corrected chi connectivity index (χ0v) is 19.6. The highest BCUT2D eigenvalue weighted by Crippen LogP contribution is 2.13. The van der Waals surface area contributed by atoms with Crippen LogP contribution in [0.1, 0.15) is 103 Å². The van der Waals surface area contributed by atoms with E-state index in [1.54, 1.807) is 0 Å². The van der Waals surface area contributed by atoms with Gasteiger partial charge in [-0.25, -0.2) is 8.42 Å². The van der Waals surface area contributed by atoms with E-state index in [4.69, 9.17) is 0 Å². The van der Waals surface area contributed by atoms with Gasteiger partial charge < -0.3 is 9.04 Å². The molecule has 0 aromatic rings. The van der Waals surface area contributed by atoms with E-state index >= 15 is 0 Å². The summed E-state index contributed by atoms with van der Waals surface area (Å²) in [6.07, 6.45) is 21.9. The van der Waals surface area contributed by atoms with Crippen LogP contribution in [0.5, 0.6) is 0 Å². The van der Waals surface area contributed by atoms with Gasteiger partial charge in [0.05, 0.1) is 34.8 Å². The van der Waals surface area contributed by atoms with Gasteiger partial charge in [-0.2, -0.15) is 0 Å². The molecule has 0 amide bonds. The fourth-order valence-corrected chi connectivity index (χ4v) is 2.96. The van der Waals surface area contributed by atoms with E-state index in [1.165, 1.54) is 103 Å². The van der Waals surface area contributed by atoms with Gasteiger partial charge in [-0.3, -0.25) is 4.18 Å². The van der Waals surface area contributed by atoms with Crippen LogP contribution in [0.4, 0.5) is 0 Å². The van der Waals surface area contributed by atoms with E-state index in [2.05, 4.69) is 32.2 Å². The molecule has 0 rings (SSSR count).